The van der Waals surface area contributed by atoms with Gasteiger partial charge in [-0.25, -0.2) is 0 Å². The summed E-state index contributed by atoms with van der Waals surface area (Å²) >= 11 is 0. The molecule has 1 fully saturated rings. The van der Waals surface area contributed by atoms with Gasteiger partial charge in [0.1, 0.15) is 12.4 Å². The number of hydrogen-bond donors (Lipinski definition) is 1. The Bertz CT molecular complexity index is 351. The first-order valence-electron chi connectivity index (χ1n) is 7.09. The summed E-state index contributed by atoms with van der Waals surface area (Å²) < 4.78 is 11.2. The van der Waals surface area contributed by atoms with Gasteiger partial charge in [-0.2, -0.15) is 4.98 Å². The molecule has 4 nitrogen and oxygen atoms in total. The Hall–Kier alpha value is -1.03. The number of rotatable bonds is 6. The summed E-state index contributed by atoms with van der Waals surface area (Å²) in [6, 6.07) is 0. The highest BCUT2D eigenvalue weighted by Crippen LogP contribution is 2.27. The van der Waals surface area contributed by atoms with E-state index in [1.165, 1.54) is 12.8 Å². The molecule has 18 heavy (non-hydrogen) atoms. The van der Waals surface area contributed by atoms with E-state index >= 15 is 0 Å². The van der Waals surface area contributed by atoms with Gasteiger partial charge in [0.15, 0.2) is 0 Å². The first-order chi connectivity index (χ1) is 8.78. The molecule has 4 heteroatoms. The Labute approximate surface area is 109 Å². The van der Waals surface area contributed by atoms with Crippen LogP contribution < -0.4 is 10.1 Å². The van der Waals surface area contributed by atoms with Crippen molar-refractivity contribution < 1.29 is 9.15 Å². The van der Waals surface area contributed by atoms with Crippen LogP contribution in [0.1, 0.15) is 51.6 Å². The van der Waals surface area contributed by atoms with Gasteiger partial charge in [0, 0.05) is 6.54 Å². The molecular weight excluding hydrogens is 228 g/mol. The average molecular weight is 252 g/mol. The van der Waals surface area contributed by atoms with Crippen molar-refractivity contribution in [2.75, 3.05) is 6.54 Å². The maximum Gasteiger partial charge on any atom is 0.394 e. The molecule has 0 aliphatic heterocycles. The van der Waals surface area contributed by atoms with Gasteiger partial charge in [-0.15, -0.1) is 0 Å². The Morgan fingerprint density at radius 1 is 1.50 bits per heavy atom. The van der Waals surface area contributed by atoms with Crippen molar-refractivity contribution in [1.82, 2.24) is 10.3 Å². The van der Waals surface area contributed by atoms with Gasteiger partial charge in [-0.1, -0.05) is 20.3 Å². The zero-order valence-corrected chi connectivity index (χ0v) is 11.4. The fourth-order valence-electron chi connectivity index (χ4n) is 2.45. The summed E-state index contributed by atoms with van der Waals surface area (Å²) in [5.74, 6) is 0.754. The molecule has 0 bridgehead atoms. The summed E-state index contributed by atoms with van der Waals surface area (Å²) in [7, 11) is 0. The van der Waals surface area contributed by atoms with Gasteiger partial charge in [-0.3, -0.25) is 0 Å². The summed E-state index contributed by atoms with van der Waals surface area (Å²) in [6.07, 6.45) is 8.33. The fraction of sp³-hybridized carbons (Fsp3) is 0.786. The third kappa shape index (κ3) is 4.02. The standard InChI is InChI=1S/C14H24N2O2/c1-3-7-15-9-12-10-17-14(16-12)18-13-6-4-5-11(2)8-13/h10-11,13,15H,3-9H2,1-2H3. The van der Waals surface area contributed by atoms with E-state index in [0.717, 1.165) is 44.0 Å². The molecule has 0 aromatic carbocycles. The largest absolute Gasteiger partial charge is 0.447 e. The van der Waals surface area contributed by atoms with Crippen molar-refractivity contribution in [2.24, 2.45) is 5.92 Å². The maximum absolute atomic E-state index is 5.81. The lowest BCUT2D eigenvalue weighted by molar-refractivity contribution is 0.0938. The lowest BCUT2D eigenvalue weighted by Crippen LogP contribution is -2.24. The van der Waals surface area contributed by atoms with E-state index < -0.39 is 0 Å². The van der Waals surface area contributed by atoms with Crippen LogP contribution in [0.3, 0.4) is 0 Å². The molecule has 2 rings (SSSR count). The lowest BCUT2D eigenvalue weighted by Gasteiger charge is -2.25. The Balaban J connectivity index is 1.78. The number of hydrogen-bond acceptors (Lipinski definition) is 4. The van der Waals surface area contributed by atoms with Crippen molar-refractivity contribution in [3.8, 4) is 6.08 Å². The monoisotopic (exact) mass is 252 g/mol. The number of ether oxygens (including phenoxy) is 1. The average Bonchev–Trinajstić information content (AvgIpc) is 2.77. The van der Waals surface area contributed by atoms with Gasteiger partial charge in [0.05, 0.1) is 5.69 Å². The Morgan fingerprint density at radius 3 is 3.17 bits per heavy atom. The van der Waals surface area contributed by atoms with Crippen molar-refractivity contribution in [3.63, 3.8) is 0 Å². The molecule has 1 saturated carbocycles. The zero-order chi connectivity index (χ0) is 12.8. The number of nitrogens with zero attached hydrogens (tertiary/aromatic N) is 1. The second kappa shape index (κ2) is 6.78. The minimum absolute atomic E-state index is 0.281. The number of aromatic nitrogens is 1. The minimum atomic E-state index is 0.281. The summed E-state index contributed by atoms with van der Waals surface area (Å²) in [5.41, 5.74) is 0.919. The summed E-state index contributed by atoms with van der Waals surface area (Å²) in [5, 5.41) is 3.30. The molecule has 1 N–H and O–H groups in total. The molecule has 1 aromatic heterocycles. The van der Waals surface area contributed by atoms with Crippen LogP contribution >= 0.6 is 0 Å². The second-order valence-corrected chi connectivity index (χ2v) is 5.29. The number of nitrogens with one attached hydrogen (secondary N) is 1. The molecule has 1 aliphatic carbocycles. The van der Waals surface area contributed by atoms with Crippen molar-refractivity contribution in [2.45, 2.75) is 58.6 Å². The van der Waals surface area contributed by atoms with Crippen LogP contribution in [-0.4, -0.2) is 17.6 Å². The van der Waals surface area contributed by atoms with Gasteiger partial charge >= 0.3 is 6.08 Å². The lowest BCUT2D eigenvalue weighted by atomic mass is 9.89. The van der Waals surface area contributed by atoms with Gasteiger partial charge in [0.25, 0.3) is 0 Å². The van der Waals surface area contributed by atoms with Crippen LogP contribution in [0.5, 0.6) is 6.08 Å². The summed E-state index contributed by atoms with van der Waals surface area (Å²) in [4.78, 5) is 4.35. The molecule has 102 valence electrons. The van der Waals surface area contributed by atoms with Crippen molar-refractivity contribution in [1.29, 1.82) is 0 Å². The maximum atomic E-state index is 5.81. The highest BCUT2D eigenvalue weighted by molar-refractivity contribution is 5.00. The first kappa shape index (κ1) is 13.4. The molecule has 0 amide bonds. The van der Waals surface area contributed by atoms with Crippen molar-refractivity contribution >= 4 is 0 Å². The molecule has 0 radical (unpaired) electrons. The normalized spacial score (nSPS) is 24.1. The van der Waals surface area contributed by atoms with Crippen LogP contribution in [0.2, 0.25) is 0 Å². The van der Waals surface area contributed by atoms with Gasteiger partial charge in [-0.05, 0) is 38.1 Å². The highest BCUT2D eigenvalue weighted by Gasteiger charge is 2.21. The van der Waals surface area contributed by atoms with Crippen LogP contribution in [0, 0.1) is 5.92 Å². The number of oxazole rings is 1. The fourth-order valence-corrected chi connectivity index (χ4v) is 2.45. The van der Waals surface area contributed by atoms with E-state index in [1.54, 1.807) is 6.26 Å². The molecule has 2 atom stereocenters. The predicted octanol–water partition coefficient (Wildman–Crippen LogP) is 3.13. The smallest absolute Gasteiger partial charge is 0.394 e. The first-order valence-corrected chi connectivity index (χ1v) is 7.09. The van der Waals surface area contributed by atoms with Crippen molar-refractivity contribution in [3.05, 3.63) is 12.0 Å². The van der Waals surface area contributed by atoms with Crippen LogP contribution in [0.4, 0.5) is 0 Å². The topological polar surface area (TPSA) is 47.3 Å². The Morgan fingerprint density at radius 2 is 2.39 bits per heavy atom. The highest BCUT2D eigenvalue weighted by atomic mass is 16.6. The zero-order valence-electron chi connectivity index (χ0n) is 11.4. The molecule has 1 aromatic rings. The quantitative estimate of drug-likeness (QED) is 0.790. The predicted molar refractivity (Wildman–Crippen MR) is 70.5 cm³/mol. The molecular formula is C14H24N2O2. The van der Waals surface area contributed by atoms with Crippen LogP contribution in [0.15, 0.2) is 10.7 Å². The molecule has 0 spiro atoms. The van der Waals surface area contributed by atoms with E-state index in [2.05, 4.69) is 24.1 Å². The third-order valence-electron chi connectivity index (χ3n) is 3.42. The molecule has 1 heterocycles. The molecule has 1 aliphatic rings. The minimum Gasteiger partial charge on any atom is -0.447 e. The van der Waals surface area contributed by atoms with E-state index in [9.17, 15) is 0 Å². The Kier molecular flexibility index (Phi) is 5.05. The second-order valence-electron chi connectivity index (χ2n) is 5.29. The molecule has 2 unspecified atom stereocenters. The molecule has 0 saturated heterocycles. The van der Waals surface area contributed by atoms with Gasteiger partial charge < -0.3 is 14.5 Å². The van der Waals surface area contributed by atoms with E-state index in [-0.39, 0.29) is 6.10 Å². The summed E-state index contributed by atoms with van der Waals surface area (Å²) in [6.45, 7) is 6.19. The van der Waals surface area contributed by atoms with Crippen LogP contribution in [-0.2, 0) is 6.54 Å². The van der Waals surface area contributed by atoms with E-state index in [4.69, 9.17) is 9.15 Å². The van der Waals surface area contributed by atoms with E-state index in [0.29, 0.717) is 6.08 Å². The van der Waals surface area contributed by atoms with E-state index in [1.807, 2.05) is 0 Å². The third-order valence-corrected chi connectivity index (χ3v) is 3.42. The van der Waals surface area contributed by atoms with Crippen LogP contribution in [0.25, 0.3) is 0 Å². The van der Waals surface area contributed by atoms with Gasteiger partial charge in [0.2, 0.25) is 0 Å². The SMILES string of the molecule is CCCNCc1coc(OC2CCCC(C)C2)n1.